The van der Waals surface area contributed by atoms with E-state index in [0.29, 0.717) is 24.2 Å². The van der Waals surface area contributed by atoms with Crippen molar-refractivity contribution in [1.82, 2.24) is 5.32 Å². The maximum atomic E-state index is 12.1. The minimum Gasteiger partial charge on any atom is -0.346 e. The second-order valence-corrected chi connectivity index (χ2v) is 10.0. The van der Waals surface area contributed by atoms with Gasteiger partial charge in [0, 0.05) is 18.4 Å². The highest BCUT2D eigenvalue weighted by Crippen LogP contribution is 2.38. The summed E-state index contributed by atoms with van der Waals surface area (Å²) in [7, 11) is 0. The molecule has 1 rings (SSSR count). The zero-order valence-corrected chi connectivity index (χ0v) is 25.7. The van der Waals surface area contributed by atoms with Crippen LogP contribution in [0.2, 0.25) is 0 Å². The molecule has 6 heteroatoms. The fourth-order valence-corrected chi connectivity index (χ4v) is 3.47. The molecule has 0 radical (unpaired) electrons. The van der Waals surface area contributed by atoms with Gasteiger partial charge in [0.2, 0.25) is 5.78 Å². The third-order valence-electron chi connectivity index (χ3n) is 6.61. The van der Waals surface area contributed by atoms with Crippen molar-refractivity contribution in [3.8, 4) is 0 Å². The molecule has 1 fully saturated rings. The van der Waals surface area contributed by atoms with E-state index < -0.39 is 5.91 Å². The molecular weight excluding hydrogens is 464 g/mol. The Bertz CT molecular complexity index is 619. The van der Waals surface area contributed by atoms with Crippen molar-refractivity contribution in [2.45, 2.75) is 133 Å². The molecule has 0 heterocycles. The predicted octanol–water partition coefficient (Wildman–Crippen LogP) is 6.84. The lowest BCUT2D eigenvalue weighted by molar-refractivity contribution is -0.141. The van der Waals surface area contributed by atoms with Crippen LogP contribution < -0.4 is 11.1 Å². The molecule has 0 aromatic rings. The molecule has 37 heavy (non-hydrogen) atoms. The topological polar surface area (TPSA) is 106 Å². The fraction of sp³-hybridized carbons (Fsp3) is 0.806. The molecule has 3 atom stereocenters. The van der Waals surface area contributed by atoms with Crippen molar-refractivity contribution in [2.75, 3.05) is 6.54 Å². The summed E-state index contributed by atoms with van der Waals surface area (Å²) in [6.45, 7) is 21.2. The monoisotopic (exact) mass is 524 g/mol. The van der Waals surface area contributed by atoms with Gasteiger partial charge in [0.25, 0.3) is 5.91 Å². The molecule has 0 aromatic carbocycles. The number of hydrogen-bond donors (Lipinski definition) is 2. The second kappa shape index (κ2) is 25.8. The number of ketones is 3. The molecule has 3 unspecified atom stereocenters. The van der Waals surface area contributed by atoms with Gasteiger partial charge < -0.3 is 11.1 Å². The average Bonchev–Trinajstić information content (AvgIpc) is 3.71. The number of Topliss-reactive ketones (excluding diaryl/α,β-unsaturated/α-hetero) is 3. The normalized spacial score (nSPS) is 14.2. The van der Waals surface area contributed by atoms with Crippen LogP contribution in [0.15, 0.2) is 12.7 Å². The van der Waals surface area contributed by atoms with Gasteiger partial charge in [0.05, 0.1) is 6.04 Å². The Hall–Kier alpha value is -1.82. The van der Waals surface area contributed by atoms with Crippen molar-refractivity contribution >= 4 is 23.3 Å². The van der Waals surface area contributed by atoms with Gasteiger partial charge in [-0.05, 0) is 51.9 Å². The van der Waals surface area contributed by atoms with Crippen molar-refractivity contribution in [1.29, 1.82) is 0 Å². The molecule has 1 aliphatic carbocycles. The molecular formula is C31H60N2O4. The van der Waals surface area contributed by atoms with Crippen molar-refractivity contribution in [3.63, 3.8) is 0 Å². The molecule has 0 spiro atoms. The van der Waals surface area contributed by atoms with Gasteiger partial charge in [-0.15, -0.1) is 6.58 Å². The molecule has 3 N–H and O–H groups in total. The van der Waals surface area contributed by atoms with Gasteiger partial charge in [-0.1, -0.05) is 92.6 Å². The van der Waals surface area contributed by atoms with Gasteiger partial charge in [-0.3, -0.25) is 19.2 Å². The second-order valence-electron chi connectivity index (χ2n) is 10.0. The molecule has 218 valence electrons. The van der Waals surface area contributed by atoms with Crippen LogP contribution in [0.1, 0.15) is 127 Å². The van der Waals surface area contributed by atoms with E-state index in [-0.39, 0.29) is 29.4 Å². The van der Waals surface area contributed by atoms with E-state index >= 15 is 0 Å². The van der Waals surface area contributed by atoms with Crippen molar-refractivity contribution < 1.29 is 19.2 Å². The minimum absolute atomic E-state index is 0.0370. The summed E-state index contributed by atoms with van der Waals surface area (Å²) in [5.74, 6) is 0.945. The van der Waals surface area contributed by atoms with Crippen LogP contribution in [-0.4, -0.2) is 35.8 Å². The first-order valence-electron chi connectivity index (χ1n) is 14.7. The summed E-state index contributed by atoms with van der Waals surface area (Å²) in [4.78, 5) is 44.9. The number of carbonyl (C=O) groups excluding carboxylic acids is 4. The summed E-state index contributed by atoms with van der Waals surface area (Å²) in [5.41, 5.74) is 5.09. The molecule has 0 saturated heterocycles. The third-order valence-corrected chi connectivity index (χ3v) is 6.61. The molecule has 6 nitrogen and oxygen atoms in total. The molecule has 1 aliphatic rings. The number of hydrogen-bond acceptors (Lipinski definition) is 5. The van der Waals surface area contributed by atoms with Crippen LogP contribution in [-0.2, 0) is 19.2 Å². The maximum absolute atomic E-state index is 12.1. The minimum atomic E-state index is -0.448. The van der Waals surface area contributed by atoms with Crippen molar-refractivity contribution in [2.24, 2.45) is 29.4 Å². The van der Waals surface area contributed by atoms with Crippen LogP contribution in [0.5, 0.6) is 0 Å². The van der Waals surface area contributed by atoms with Crippen LogP contribution in [0.3, 0.4) is 0 Å². The summed E-state index contributed by atoms with van der Waals surface area (Å²) in [5, 5.41) is 2.58. The van der Waals surface area contributed by atoms with Gasteiger partial charge in [0.15, 0.2) is 0 Å². The van der Waals surface area contributed by atoms with E-state index in [1.54, 1.807) is 19.9 Å². The standard InChI is InChI=1S/C14H23NO2.C11H22O.C4H9NO.C2H6/c1-4-8-15-14(17)13(16)12(10(3)5-2)9-11-6-7-11;1-4-6-8-11(10(3)12)9-7-5-2;1-3(5)4(2)6;1-2/h4,10-12H,1,5-9H2,2-3H3,(H,15,17);11H,4-9H2,1-3H3;3H,5H2,1-2H3;1-2H3. The fourth-order valence-electron chi connectivity index (χ4n) is 3.47. The molecule has 0 bridgehead atoms. The first-order chi connectivity index (χ1) is 17.5. The van der Waals surface area contributed by atoms with Crippen LogP contribution in [0, 0.1) is 23.7 Å². The quantitative estimate of drug-likeness (QED) is 0.170. The number of unbranched alkanes of at least 4 members (excludes halogenated alkanes) is 2. The number of rotatable bonds is 16. The summed E-state index contributed by atoms with van der Waals surface area (Å²) >= 11 is 0. The Kier molecular flexibility index (Phi) is 27.7. The first kappa shape index (κ1) is 39.7. The Morgan fingerprint density at radius 3 is 1.70 bits per heavy atom. The van der Waals surface area contributed by atoms with E-state index in [1.807, 2.05) is 13.8 Å². The van der Waals surface area contributed by atoms with E-state index in [1.165, 1.54) is 45.4 Å². The Balaban J connectivity index is -0.000000503. The molecule has 1 saturated carbocycles. The Morgan fingerprint density at radius 1 is 0.946 bits per heavy atom. The zero-order chi connectivity index (χ0) is 29.4. The van der Waals surface area contributed by atoms with E-state index in [9.17, 15) is 19.2 Å². The lowest BCUT2D eigenvalue weighted by atomic mass is 9.83. The third kappa shape index (κ3) is 23.1. The van der Waals surface area contributed by atoms with Crippen LogP contribution >= 0.6 is 0 Å². The largest absolute Gasteiger partial charge is 0.346 e. The first-order valence-corrected chi connectivity index (χ1v) is 14.7. The summed E-state index contributed by atoms with van der Waals surface area (Å²) < 4.78 is 0. The van der Waals surface area contributed by atoms with Crippen LogP contribution in [0.25, 0.3) is 0 Å². The van der Waals surface area contributed by atoms with E-state index in [2.05, 4.69) is 39.6 Å². The Morgan fingerprint density at radius 2 is 1.41 bits per heavy atom. The van der Waals surface area contributed by atoms with Gasteiger partial charge in [0.1, 0.15) is 11.6 Å². The number of carbonyl (C=O) groups is 4. The summed E-state index contributed by atoms with van der Waals surface area (Å²) in [6, 6.07) is -0.287. The maximum Gasteiger partial charge on any atom is 0.287 e. The van der Waals surface area contributed by atoms with E-state index in [4.69, 9.17) is 5.73 Å². The smallest absolute Gasteiger partial charge is 0.287 e. The molecule has 0 aromatic heterocycles. The average molecular weight is 525 g/mol. The van der Waals surface area contributed by atoms with Gasteiger partial charge >= 0.3 is 0 Å². The predicted molar refractivity (Wildman–Crippen MR) is 157 cm³/mol. The summed E-state index contributed by atoms with van der Waals surface area (Å²) in [6.07, 6.45) is 12.9. The van der Waals surface area contributed by atoms with Crippen LogP contribution in [0.4, 0.5) is 0 Å². The SMILES string of the molecule is C=CCNC(=O)C(=O)C(CC1CC1)C(C)CC.CC.CC(=O)C(C)N.CCCCC(CCCC)C(C)=O. The Labute approximate surface area is 229 Å². The highest BCUT2D eigenvalue weighted by molar-refractivity contribution is 6.37. The highest BCUT2D eigenvalue weighted by atomic mass is 16.2. The van der Waals surface area contributed by atoms with Gasteiger partial charge in [-0.25, -0.2) is 0 Å². The lowest BCUT2D eigenvalue weighted by Gasteiger charge is -2.20. The number of nitrogens with one attached hydrogen (secondary N) is 1. The highest BCUT2D eigenvalue weighted by Gasteiger charge is 2.34. The lowest BCUT2D eigenvalue weighted by Crippen LogP contribution is -2.38. The van der Waals surface area contributed by atoms with Gasteiger partial charge in [-0.2, -0.15) is 0 Å². The zero-order valence-electron chi connectivity index (χ0n) is 25.7. The number of amides is 1. The number of nitrogens with two attached hydrogens (primary N) is 1. The van der Waals surface area contributed by atoms with Crippen molar-refractivity contribution in [3.05, 3.63) is 12.7 Å². The molecule has 0 aliphatic heterocycles. The molecule has 1 amide bonds. The van der Waals surface area contributed by atoms with E-state index in [0.717, 1.165) is 25.7 Å².